The zero-order valence-corrected chi connectivity index (χ0v) is 19.7. The Labute approximate surface area is 218 Å². The molecule has 2 atom stereocenters. The van der Waals surface area contributed by atoms with Crippen LogP contribution < -0.4 is 14.8 Å². The van der Waals surface area contributed by atoms with E-state index in [0.29, 0.717) is 18.2 Å². The zero-order chi connectivity index (χ0) is 29.9. The van der Waals surface area contributed by atoms with E-state index in [-0.39, 0.29) is 17.1 Å². The van der Waals surface area contributed by atoms with E-state index in [4.69, 9.17) is 4.74 Å². The molecule has 0 aliphatic rings. The Morgan fingerprint density at radius 3 is 1.98 bits per heavy atom. The average Bonchev–Trinajstić information content (AvgIpc) is 2.84. The lowest BCUT2D eigenvalue weighted by Gasteiger charge is -2.24. The Hall–Kier alpha value is -3.59. The molecule has 3 aromatic rings. The summed E-state index contributed by atoms with van der Waals surface area (Å²) in [5, 5.41) is 11.6. The van der Waals surface area contributed by atoms with Gasteiger partial charge in [0.25, 0.3) is 0 Å². The molecule has 3 aromatic carbocycles. The summed E-state index contributed by atoms with van der Waals surface area (Å²) in [5.41, 5.74) is -2.11. The first-order valence-corrected chi connectivity index (χ1v) is 11.0. The molecule has 15 heteroatoms. The number of ether oxygens (including phenoxy) is 2. The van der Waals surface area contributed by atoms with E-state index in [0.717, 1.165) is 24.3 Å². The Balaban J connectivity index is 1.96. The van der Waals surface area contributed by atoms with Crippen molar-refractivity contribution >= 4 is 0 Å². The van der Waals surface area contributed by atoms with Gasteiger partial charge in [-0.25, -0.2) is 4.39 Å². The SMILES string of the molecule is OC(CNC(c1cccc(Oc2cccc(OC(F)(F)C(F)F)c2)c1)c1cc(C(F)(F)F)ccc1F)C(F)(F)F. The van der Waals surface area contributed by atoms with Crippen LogP contribution in [0.1, 0.15) is 22.7 Å². The van der Waals surface area contributed by atoms with Crippen LogP contribution in [0.25, 0.3) is 0 Å². The van der Waals surface area contributed by atoms with Crippen LogP contribution in [0.4, 0.5) is 48.3 Å². The first kappa shape index (κ1) is 30.9. The van der Waals surface area contributed by atoms with E-state index in [1.807, 2.05) is 0 Å². The van der Waals surface area contributed by atoms with Crippen LogP contribution in [0.2, 0.25) is 0 Å². The predicted octanol–water partition coefficient (Wildman–Crippen LogP) is 7.48. The molecular formula is C25H18F11NO3. The van der Waals surface area contributed by atoms with Gasteiger partial charge in [-0.3, -0.25) is 0 Å². The van der Waals surface area contributed by atoms with Gasteiger partial charge in [-0.1, -0.05) is 18.2 Å². The van der Waals surface area contributed by atoms with Gasteiger partial charge in [0.2, 0.25) is 0 Å². The van der Waals surface area contributed by atoms with Crippen molar-refractivity contribution in [3.8, 4) is 17.2 Å². The highest BCUT2D eigenvalue weighted by Crippen LogP contribution is 2.36. The molecule has 0 aliphatic heterocycles. The third kappa shape index (κ3) is 7.97. The van der Waals surface area contributed by atoms with Gasteiger partial charge in [0, 0.05) is 18.2 Å². The largest absolute Gasteiger partial charge is 0.461 e. The van der Waals surface area contributed by atoms with Crippen LogP contribution in [0.15, 0.2) is 66.7 Å². The lowest BCUT2D eigenvalue weighted by molar-refractivity contribution is -0.253. The molecule has 0 spiro atoms. The second-order valence-electron chi connectivity index (χ2n) is 8.25. The van der Waals surface area contributed by atoms with E-state index >= 15 is 0 Å². The predicted molar refractivity (Wildman–Crippen MR) is 118 cm³/mol. The van der Waals surface area contributed by atoms with Crippen LogP contribution in [-0.2, 0) is 6.18 Å². The minimum atomic E-state index is -5.09. The van der Waals surface area contributed by atoms with E-state index in [2.05, 4.69) is 10.1 Å². The third-order valence-electron chi connectivity index (χ3n) is 5.27. The summed E-state index contributed by atoms with van der Waals surface area (Å²) in [4.78, 5) is 0. The van der Waals surface area contributed by atoms with E-state index in [9.17, 15) is 53.4 Å². The van der Waals surface area contributed by atoms with Crippen LogP contribution in [0.5, 0.6) is 17.2 Å². The van der Waals surface area contributed by atoms with Gasteiger partial charge in [0.1, 0.15) is 23.1 Å². The maximum Gasteiger partial charge on any atom is 0.461 e. The summed E-state index contributed by atoms with van der Waals surface area (Å²) in [6.45, 7) is -1.23. The average molecular weight is 589 g/mol. The van der Waals surface area contributed by atoms with Gasteiger partial charge in [-0.15, -0.1) is 0 Å². The maximum absolute atomic E-state index is 14.7. The number of aliphatic hydroxyl groups is 1. The normalized spacial score (nSPS) is 14.2. The van der Waals surface area contributed by atoms with Crippen molar-refractivity contribution in [1.82, 2.24) is 5.32 Å². The second-order valence-corrected chi connectivity index (χ2v) is 8.25. The van der Waals surface area contributed by atoms with Gasteiger partial charge in [0.15, 0.2) is 6.10 Å². The second kappa shape index (κ2) is 11.9. The molecule has 0 aromatic heterocycles. The summed E-state index contributed by atoms with van der Waals surface area (Å²) in [5.74, 6) is -2.28. The topological polar surface area (TPSA) is 50.7 Å². The molecule has 40 heavy (non-hydrogen) atoms. The fourth-order valence-electron chi connectivity index (χ4n) is 3.39. The molecule has 4 nitrogen and oxygen atoms in total. The van der Waals surface area contributed by atoms with Crippen LogP contribution >= 0.6 is 0 Å². The lowest BCUT2D eigenvalue weighted by atomic mass is 9.95. The van der Waals surface area contributed by atoms with E-state index in [1.165, 1.54) is 24.3 Å². The van der Waals surface area contributed by atoms with Crippen molar-refractivity contribution in [2.24, 2.45) is 0 Å². The van der Waals surface area contributed by atoms with Crippen molar-refractivity contribution in [2.45, 2.75) is 37.0 Å². The standard InChI is InChI=1S/C25H18F11NO3/c26-19-8-7-14(23(29,30)31)10-18(19)21(37-12-20(38)24(32,33)34)13-3-1-4-15(9-13)39-16-5-2-6-17(11-16)40-25(35,36)22(27)28/h1-11,20-22,37-38H,12H2. The van der Waals surface area contributed by atoms with Gasteiger partial charge >= 0.3 is 24.9 Å². The van der Waals surface area contributed by atoms with Crippen LogP contribution in [0, 0.1) is 5.82 Å². The fraction of sp³-hybridized carbons (Fsp3) is 0.280. The molecule has 0 heterocycles. The van der Waals surface area contributed by atoms with Crippen molar-refractivity contribution in [3.05, 3.63) is 89.2 Å². The summed E-state index contributed by atoms with van der Waals surface area (Å²) in [6, 6.07) is 8.55. The number of nitrogens with one attached hydrogen (secondary N) is 1. The number of rotatable bonds is 10. The molecule has 0 amide bonds. The van der Waals surface area contributed by atoms with Gasteiger partial charge < -0.3 is 19.9 Å². The molecular weight excluding hydrogens is 571 g/mol. The number of halogens is 11. The summed E-state index contributed by atoms with van der Waals surface area (Å²) in [6.07, 6.45) is -21.9. The molecule has 0 saturated carbocycles. The highest BCUT2D eigenvalue weighted by molar-refractivity contribution is 5.42. The molecule has 2 unspecified atom stereocenters. The summed E-state index contributed by atoms with van der Waals surface area (Å²) in [7, 11) is 0. The number of hydrogen-bond donors (Lipinski definition) is 2. The Kier molecular flexibility index (Phi) is 9.19. The Morgan fingerprint density at radius 1 is 0.775 bits per heavy atom. The minimum Gasteiger partial charge on any atom is -0.457 e. The quantitative estimate of drug-likeness (QED) is 0.241. The number of aliphatic hydroxyl groups excluding tert-OH is 1. The molecule has 0 saturated heterocycles. The number of alkyl halides is 10. The van der Waals surface area contributed by atoms with Gasteiger partial charge in [0.05, 0.1) is 11.6 Å². The van der Waals surface area contributed by atoms with Gasteiger partial charge in [-0.05, 0) is 48.0 Å². The maximum atomic E-state index is 14.7. The smallest absolute Gasteiger partial charge is 0.457 e. The molecule has 0 aliphatic carbocycles. The summed E-state index contributed by atoms with van der Waals surface area (Å²) < 4.78 is 154. The van der Waals surface area contributed by atoms with Crippen LogP contribution in [0.3, 0.4) is 0 Å². The fourth-order valence-corrected chi connectivity index (χ4v) is 3.39. The van der Waals surface area contributed by atoms with Crippen molar-refractivity contribution in [2.75, 3.05) is 6.54 Å². The highest BCUT2D eigenvalue weighted by Gasteiger charge is 2.44. The molecule has 218 valence electrons. The van der Waals surface area contributed by atoms with Crippen molar-refractivity contribution in [1.29, 1.82) is 0 Å². The Bertz CT molecular complexity index is 1300. The summed E-state index contributed by atoms with van der Waals surface area (Å²) >= 11 is 0. The first-order chi connectivity index (χ1) is 18.5. The first-order valence-electron chi connectivity index (χ1n) is 11.0. The number of benzene rings is 3. The van der Waals surface area contributed by atoms with Crippen LogP contribution in [-0.4, -0.2) is 36.5 Å². The molecule has 0 radical (unpaired) electrons. The highest BCUT2D eigenvalue weighted by atomic mass is 19.4. The van der Waals surface area contributed by atoms with E-state index < -0.39 is 66.3 Å². The van der Waals surface area contributed by atoms with Crippen molar-refractivity contribution in [3.63, 3.8) is 0 Å². The van der Waals surface area contributed by atoms with E-state index in [1.54, 1.807) is 0 Å². The minimum absolute atomic E-state index is 0.110. The Morgan fingerprint density at radius 2 is 1.38 bits per heavy atom. The third-order valence-corrected chi connectivity index (χ3v) is 5.27. The molecule has 0 bridgehead atoms. The molecule has 0 fully saturated rings. The monoisotopic (exact) mass is 589 g/mol. The van der Waals surface area contributed by atoms with Crippen molar-refractivity contribution < 1.29 is 62.9 Å². The lowest BCUT2D eigenvalue weighted by Crippen LogP contribution is -2.40. The molecule has 3 rings (SSSR count). The zero-order valence-electron chi connectivity index (χ0n) is 19.7. The number of hydrogen-bond acceptors (Lipinski definition) is 4. The molecule has 2 N–H and O–H groups in total. The van der Waals surface area contributed by atoms with Gasteiger partial charge in [-0.2, -0.15) is 43.9 Å².